The molecule has 0 bridgehead atoms. The van der Waals surface area contributed by atoms with Crippen molar-refractivity contribution < 1.29 is 9.21 Å². The SMILES string of the molecule is C[C@H]1CN=C(N2CCN(C(=O)c3cc4ccccc4o3)CC2)S1. The van der Waals surface area contributed by atoms with Gasteiger partial charge in [-0.1, -0.05) is 36.9 Å². The van der Waals surface area contributed by atoms with Crippen LogP contribution in [0, 0.1) is 0 Å². The van der Waals surface area contributed by atoms with E-state index in [1.165, 1.54) is 0 Å². The van der Waals surface area contributed by atoms with Gasteiger partial charge in [0.05, 0.1) is 6.54 Å². The summed E-state index contributed by atoms with van der Waals surface area (Å²) in [6.45, 7) is 6.20. The Morgan fingerprint density at radius 2 is 2.04 bits per heavy atom. The Bertz CT molecular complexity index is 729. The molecule has 1 atom stereocenters. The third-order valence-electron chi connectivity index (χ3n) is 4.26. The number of rotatable bonds is 1. The van der Waals surface area contributed by atoms with E-state index in [4.69, 9.17) is 4.42 Å². The summed E-state index contributed by atoms with van der Waals surface area (Å²) in [6.07, 6.45) is 0. The molecule has 2 aromatic rings. The van der Waals surface area contributed by atoms with Gasteiger partial charge < -0.3 is 14.2 Å². The van der Waals surface area contributed by atoms with Gasteiger partial charge in [0.25, 0.3) is 5.91 Å². The van der Waals surface area contributed by atoms with Gasteiger partial charge in [0.1, 0.15) is 5.58 Å². The maximum Gasteiger partial charge on any atom is 0.289 e. The van der Waals surface area contributed by atoms with Gasteiger partial charge in [-0.05, 0) is 12.1 Å². The van der Waals surface area contributed by atoms with Gasteiger partial charge in [-0.2, -0.15) is 0 Å². The summed E-state index contributed by atoms with van der Waals surface area (Å²) in [4.78, 5) is 21.4. The van der Waals surface area contributed by atoms with Gasteiger partial charge in [0, 0.05) is 36.8 Å². The topological polar surface area (TPSA) is 49.0 Å². The first-order chi connectivity index (χ1) is 11.2. The van der Waals surface area contributed by atoms with E-state index in [1.54, 1.807) is 0 Å². The lowest BCUT2D eigenvalue weighted by molar-refractivity contribution is 0.0664. The molecular weight excluding hydrogens is 310 g/mol. The van der Waals surface area contributed by atoms with Gasteiger partial charge >= 0.3 is 0 Å². The van der Waals surface area contributed by atoms with Crippen LogP contribution in [-0.2, 0) is 0 Å². The van der Waals surface area contributed by atoms with Gasteiger partial charge in [-0.3, -0.25) is 9.79 Å². The maximum atomic E-state index is 12.6. The van der Waals surface area contributed by atoms with E-state index in [1.807, 2.05) is 47.0 Å². The molecule has 0 aliphatic carbocycles. The normalized spacial score (nSPS) is 21.8. The highest BCUT2D eigenvalue weighted by Crippen LogP contribution is 2.24. The van der Waals surface area contributed by atoms with E-state index in [0.717, 1.165) is 35.8 Å². The van der Waals surface area contributed by atoms with Crippen molar-refractivity contribution in [1.82, 2.24) is 9.80 Å². The molecule has 5 nitrogen and oxygen atoms in total. The summed E-state index contributed by atoms with van der Waals surface area (Å²) in [7, 11) is 0. The van der Waals surface area contributed by atoms with E-state index in [0.29, 0.717) is 24.1 Å². The highest BCUT2D eigenvalue weighted by molar-refractivity contribution is 8.14. The quantitative estimate of drug-likeness (QED) is 0.807. The van der Waals surface area contributed by atoms with Crippen LogP contribution >= 0.6 is 11.8 Å². The number of fused-ring (bicyclic) bond motifs is 1. The first-order valence-corrected chi connectivity index (χ1v) is 8.82. The van der Waals surface area contributed by atoms with Crippen LogP contribution in [-0.4, -0.2) is 58.8 Å². The first kappa shape index (κ1) is 14.6. The van der Waals surface area contributed by atoms with Crippen molar-refractivity contribution >= 4 is 33.8 Å². The lowest BCUT2D eigenvalue weighted by Gasteiger charge is -2.35. The number of furan rings is 1. The molecule has 3 heterocycles. The summed E-state index contributed by atoms with van der Waals surface area (Å²) in [6, 6.07) is 9.55. The van der Waals surface area contributed by atoms with Crippen molar-refractivity contribution in [3.63, 3.8) is 0 Å². The number of hydrogen-bond acceptors (Lipinski definition) is 5. The van der Waals surface area contributed by atoms with Crippen LogP contribution in [0.15, 0.2) is 39.7 Å². The summed E-state index contributed by atoms with van der Waals surface area (Å²) < 4.78 is 5.69. The monoisotopic (exact) mass is 329 g/mol. The number of piperazine rings is 1. The third-order valence-corrected chi connectivity index (χ3v) is 5.41. The Kier molecular flexibility index (Phi) is 3.77. The molecule has 1 amide bonds. The fourth-order valence-corrected chi connectivity index (χ4v) is 3.97. The lowest BCUT2D eigenvalue weighted by Crippen LogP contribution is -2.49. The molecule has 0 N–H and O–H groups in total. The Hall–Kier alpha value is -1.95. The number of nitrogens with zero attached hydrogens (tertiary/aromatic N) is 3. The van der Waals surface area contributed by atoms with Crippen molar-refractivity contribution in [3.05, 3.63) is 36.1 Å². The van der Waals surface area contributed by atoms with Crippen LogP contribution in [0.5, 0.6) is 0 Å². The number of hydrogen-bond donors (Lipinski definition) is 0. The molecule has 1 aromatic carbocycles. The number of thioether (sulfide) groups is 1. The van der Waals surface area contributed by atoms with Crippen molar-refractivity contribution in [2.24, 2.45) is 4.99 Å². The number of amidine groups is 1. The largest absolute Gasteiger partial charge is 0.451 e. The van der Waals surface area contributed by atoms with E-state index in [9.17, 15) is 4.79 Å². The predicted octanol–water partition coefficient (Wildman–Crippen LogP) is 2.68. The highest BCUT2D eigenvalue weighted by Gasteiger charge is 2.28. The number of carbonyl (C=O) groups excluding carboxylic acids is 1. The average molecular weight is 329 g/mol. The van der Waals surface area contributed by atoms with Crippen LogP contribution in [0.1, 0.15) is 17.5 Å². The number of amides is 1. The smallest absolute Gasteiger partial charge is 0.289 e. The van der Waals surface area contributed by atoms with Crippen LogP contribution in [0.3, 0.4) is 0 Å². The second kappa shape index (κ2) is 5.92. The van der Waals surface area contributed by atoms with E-state index in [2.05, 4.69) is 16.8 Å². The van der Waals surface area contributed by atoms with E-state index in [-0.39, 0.29) is 5.91 Å². The second-order valence-electron chi connectivity index (χ2n) is 5.98. The lowest BCUT2D eigenvalue weighted by atomic mass is 10.2. The Morgan fingerprint density at radius 3 is 2.74 bits per heavy atom. The van der Waals surface area contributed by atoms with Crippen molar-refractivity contribution in [3.8, 4) is 0 Å². The van der Waals surface area contributed by atoms with Crippen molar-refractivity contribution in [2.75, 3.05) is 32.7 Å². The van der Waals surface area contributed by atoms with Crippen molar-refractivity contribution in [1.29, 1.82) is 0 Å². The molecule has 2 aliphatic heterocycles. The van der Waals surface area contributed by atoms with Crippen LogP contribution in [0.4, 0.5) is 0 Å². The van der Waals surface area contributed by atoms with Crippen LogP contribution < -0.4 is 0 Å². The first-order valence-electron chi connectivity index (χ1n) is 7.94. The minimum absolute atomic E-state index is 0.0183. The maximum absolute atomic E-state index is 12.6. The molecule has 2 aliphatic rings. The standard InChI is InChI=1S/C17H19N3O2S/c1-12-11-18-17(23-12)20-8-6-19(7-9-20)16(21)15-10-13-4-2-3-5-14(13)22-15/h2-5,10,12H,6-9,11H2,1H3/t12-/m0/s1. The highest BCUT2D eigenvalue weighted by atomic mass is 32.2. The summed E-state index contributed by atoms with van der Waals surface area (Å²) >= 11 is 1.83. The van der Waals surface area contributed by atoms with Crippen LogP contribution in [0.25, 0.3) is 11.0 Å². The molecule has 0 radical (unpaired) electrons. The number of carbonyl (C=O) groups is 1. The molecule has 23 heavy (non-hydrogen) atoms. The fourth-order valence-electron chi connectivity index (χ4n) is 2.98. The zero-order valence-corrected chi connectivity index (χ0v) is 13.9. The number of aliphatic imine (C=N–C) groups is 1. The van der Waals surface area contributed by atoms with Gasteiger partial charge in [-0.25, -0.2) is 0 Å². The third kappa shape index (κ3) is 2.83. The minimum Gasteiger partial charge on any atom is -0.451 e. The Labute approximate surface area is 139 Å². The van der Waals surface area contributed by atoms with E-state index < -0.39 is 0 Å². The van der Waals surface area contributed by atoms with Gasteiger partial charge in [-0.15, -0.1) is 0 Å². The molecule has 0 unspecified atom stereocenters. The molecule has 0 spiro atoms. The minimum atomic E-state index is -0.0183. The summed E-state index contributed by atoms with van der Waals surface area (Å²) in [5, 5.41) is 2.67. The second-order valence-corrected chi connectivity index (χ2v) is 7.39. The molecule has 4 rings (SSSR count). The molecule has 1 fully saturated rings. The van der Waals surface area contributed by atoms with Crippen LogP contribution in [0.2, 0.25) is 0 Å². The summed E-state index contributed by atoms with van der Waals surface area (Å²) in [5.74, 6) is 0.413. The fraction of sp³-hybridized carbons (Fsp3) is 0.412. The number of benzene rings is 1. The average Bonchev–Trinajstić information content (AvgIpc) is 3.20. The van der Waals surface area contributed by atoms with Gasteiger partial charge in [0.2, 0.25) is 0 Å². The zero-order chi connectivity index (χ0) is 15.8. The zero-order valence-electron chi connectivity index (χ0n) is 13.1. The molecule has 1 saturated heterocycles. The molecule has 0 saturated carbocycles. The summed E-state index contributed by atoms with van der Waals surface area (Å²) in [5.41, 5.74) is 0.764. The Balaban J connectivity index is 1.42. The molecular formula is C17H19N3O2S. The van der Waals surface area contributed by atoms with E-state index >= 15 is 0 Å². The van der Waals surface area contributed by atoms with Gasteiger partial charge in [0.15, 0.2) is 10.9 Å². The Morgan fingerprint density at radius 1 is 1.26 bits per heavy atom. The molecule has 6 heteroatoms. The molecule has 1 aromatic heterocycles. The predicted molar refractivity (Wildman–Crippen MR) is 93.0 cm³/mol. The molecule has 120 valence electrons. The number of para-hydroxylation sites is 1. The van der Waals surface area contributed by atoms with Crippen molar-refractivity contribution in [2.45, 2.75) is 12.2 Å².